The molecule has 11 heteroatoms. The van der Waals surface area contributed by atoms with E-state index in [9.17, 15) is 4.79 Å². The fraction of sp³-hybridized carbons (Fsp3) is 0.593. The number of alkyl carbamates (subject to hydrolysis) is 1. The summed E-state index contributed by atoms with van der Waals surface area (Å²) in [6.07, 6.45) is 3.55. The second kappa shape index (κ2) is 12.1. The largest absolute Gasteiger partial charge is 0.543 e. The molecule has 1 aliphatic rings. The quantitative estimate of drug-likeness (QED) is 0.235. The first-order valence-electron chi connectivity index (χ1n) is 13.4. The van der Waals surface area contributed by atoms with Gasteiger partial charge < -0.3 is 24.3 Å². The van der Waals surface area contributed by atoms with Crippen LogP contribution >= 0.6 is 11.3 Å². The molecule has 2 N–H and O–H groups in total. The van der Waals surface area contributed by atoms with Gasteiger partial charge in [-0.2, -0.15) is 5.10 Å². The molecule has 1 fully saturated rings. The Bertz CT molecular complexity index is 1230. The van der Waals surface area contributed by atoms with Crippen molar-refractivity contribution in [3.63, 3.8) is 0 Å². The molecule has 1 amide bonds. The maximum Gasteiger partial charge on any atom is 0.407 e. The highest BCUT2D eigenvalue weighted by Gasteiger charge is 2.39. The Balaban J connectivity index is 1.58. The van der Waals surface area contributed by atoms with Gasteiger partial charge in [-0.1, -0.05) is 20.8 Å². The predicted molar refractivity (Wildman–Crippen MR) is 152 cm³/mol. The number of fused-ring (bicyclic) bond motifs is 1. The first-order chi connectivity index (χ1) is 18.1. The summed E-state index contributed by atoms with van der Waals surface area (Å²) >= 11 is 1.53. The SMILES string of the molecule is CC(C)(C)[Si](C)(C)Oc1ccc2c(c1)c(-c1csc(CCOC(=O)NCCCO)n1)nn2C1CCCCO1. The van der Waals surface area contributed by atoms with Crippen LogP contribution in [0.15, 0.2) is 23.6 Å². The Hall–Kier alpha value is -2.47. The zero-order valence-electron chi connectivity index (χ0n) is 23.1. The normalized spacial score (nSPS) is 16.5. The molecule has 0 saturated carbocycles. The maximum absolute atomic E-state index is 11.8. The number of benzene rings is 1. The van der Waals surface area contributed by atoms with E-state index in [1.165, 1.54) is 11.3 Å². The van der Waals surface area contributed by atoms with Gasteiger partial charge in [-0.05, 0) is 62.0 Å². The van der Waals surface area contributed by atoms with Gasteiger partial charge in [0, 0.05) is 36.9 Å². The average Bonchev–Trinajstić information content (AvgIpc) is 3.48. The third kappa shape index (κ3) is 6.74. The lowest BCUT2D eigenvalue weighted by Gasteiger charge is -2.36. The molecule has 1 atom stereocenters. The van der Waals surface area contributed by atoms with Gasteiger partial charge in [0.1, 0.15) is 17.1 Å². The van der Waals surface area contributed by atoms with Crippen LogP contribution in [0.5, 0.6) is 5.75 Å². The minimum atomic E-state index is -2.01. The molecular weight excluding hydrogens is 520 g/mol. The van der Waals surface area contributed by atoms with Crippen LogP contribution in [0.25, 0.3) is 22.3 Å². The van der Waals surface area contributed by atoms with Gasteiger partial charge in [0.05, 0.1) is 17.1 Å². The van der Waals surface area contributed by atoms with Crippen LogP contribution in [-0.2, 0) is 15.9 Å². The summed E-state index contributed by atoms with van der Waals surface area (Å²) in [7, 11) is -2.01. The van der Waals surface area contributed by atoms with Crippen molar-refractivity contribution in [3.8, 4) is 17.1 Å². The van der Waals surface area contributed by atoms with Crippen molar-refractivity contribution in [1.29, 1.82) is 0 Å². The van der Waals surface area contributed by atoms with Crippen LogP contribution in [0, 0.1) is 0 Å². The van der Waals surface area contributed by atoms with Crippen LogP contribution < -0.4 is 9.74 Å². The molecule has 0 bridgehead atoms. The summed E-state index contributed by atoms with van der Waals surface area (Å²) in [5.41, 5.74) is 2.60. The van der Waals surface area contributed by atoms with Crippen molar-refractivity contribution in [2.24, 2.45) is 0 Å². The maximum atomic E-state index is 11.8. The molecule has 3 aromatic rings. The van der Waals surface area contributed by atoms with Crippen LogP contribution in [0.1, 0.15) is 57.7 Å². The monoisotopic (exact) mass is 560 g/mol. The molecule has 1 saturated heterocycles. The molecular formula is C27H40N4O5SSi. The number of amides is 1. The third-order valence-electron chi connectivity index (χ3n) is 7.23. The molecule has 1 aliphatic heterocycles. The number of ether oxygens (including phenoxy) is 2. The smallest absolute Gasteiger partial charge is 0.407 e. The number of hydrogen-bond donors (Lipinski definition) is 2. The molecule has 3 heterocycles. The van der Waals surface area contributed by atoms with Crippen molar-refractivity contribution in [2.75, 3.05) is 26.4 Å². The van der Waals surface area contributed by atoms with Crippen LogP contribution in [0.4, 0.5) is 4.79 Å². The number of carbonyl (C=O) groups excluding carboxylic acids is 1. The minimum absolute atomic E-state index is 0.0311. The topological polar surface area (TPSA) is 108 Å². The molecule has 0 radical (unpaired) electrons. The summed E-state index contributed by atoms with van der Waals surface area (Å²) < 4.78 is 19.9. The molecule has 9 nitrogen and oxygen atoms in total. The van der Waals surface area contributed by atoms with Gasteiger partial charge in [0.15, 0.2) is 6.23 Å². The lowest BCUT2D eigenvalue weighted by Crippen LogP contribution is -2.43. The Morgan fingerprint density at radius 3 is 2.84 bits per heavy atom. The average molecular weight is 561 g/mol. The number of nitrogens with one attached hydrogen (secondary N) is 1. The summed E-state index contributed by atoms with van der Waals surface area (Å²) in [4.78, 5) is 16.6. The van der Waals surface area contributed by atoms with Crippen molar-refractivity contribution >= 4 is 36.7 Å². The standard InChI is InChI=1S/C27H40N4O5SSi/c1-27(2,3)38(4,5)36-19-10-11-22-20(17-19)25(30-31(22)24-9-6-7-15-34-24)21-18-37-23(29-21)12-16-35-26(33)28-13-8-14-32/h10-11,17-18,24,32H,6-9,12-16H2,1-5H3,(H,28,33). The molecule has 4 rings (SSSR count). The van der Waals surface area contributed by atoms with Crippen molar-refractivity contribution < 1.29 is 23.8 Å². The number of aliphatic hydroxyl groups excluding tert-OH is 1. The van der Waals surface area contributed by atoms with Crippen LogP contribution in [0.3, 0.4) is 0 Å². The zero-order chi connectivity index (χ0) is 27.3. The van der Waals surface area contributed by atoms with E-state index in [1.54, 1.807) is 0 Å². The number of aromatic nitrogens is 3. The highest BCUT2D eigenvalue weighted by Crippen LogP contribution is 2.40. The number of nitrogens with zero attached hydrogens (tertiary/aromatic N) is 3. The van der Waals surface area contributed by atoms with Crippen molar-refractivity contribution in [3.05, 3.63) is 28.6 Å². The van der Waals surface area contributed by atoms with Gasteiger partial charge in [0.2, 0.25) is 8.32 Å². The Kier molecular flexibility index (Phi) is 9.12. The molecule has 0 spiro atoms. The lowest BCUT2D eigenvalue weighted by atomic mass is 10.1. The van der Waals surface area contributed by atoms with Crippen LogP contribution in [0.2, 0.25) is 18.1 Å². The molecule has 38 heavy (non-hydrogen) atoms. The van der Waals surface area contributed by atoms with Crippen molar-refractivity contribution in [1.82, 2.24) is 20.1 Å². The number of thiazole rings is 1. The van der Waals surface area contributed by atoms with Crippen LogP contribution in [-0.4, -0.2) is 60.6 Å². The number of carbonyl (C=O) groups is 1. The van der Waals surface area contributed by atoms with Gasteiger partial charge >= 0.3 is 6.09 Å². The van der Waals surface area contributed by atoms with E-state index < -0.39 is 14.4 Å². The summed E-state index contributed by atoms with van der Waals surface area (Å²) in [6.45, 7) is 12.6. The Labute approximate surface area is 229 Å². The number of hydrogen-bond acceptors (Lipinski definition) is 8. The van der Waals surface area contributed by atoms with E-state index in [4.69, 9.17) is 29.1 Å². The van der Waals surface area contributed by atoms with E-state index in [2.05, 4.69) is 51.3 Å². The Morgan fingerprint density at radius 2 is 2.13 bits per heavy atom. The highest BCUT2D eigenvalue weighted by molar-refractivity contribution is 7.10. The fourth-order valence-electron chi connectivity index (χ4n) is 4.04. The van der Waals surface area contributed by atoms with E-state index in [0.29, 0.717) is 19.4 Å². The molecule has 0 aliphatic carbocycles. The first-order valence-corrected chi connectivity index (χ1v) is 17.2. The third-order valence-corrected chi connectivity index (χ3v) is 12.5. The number of aliphatic hydroxyl groups is 1. The van der Waals surface area contributed by atoms with Gasteiger partial charge in [-0.3, -0.25) is 0 Å². The van der Waals surface area contributed by atoms with Crippen molar-refractivity contribution in [2.45, 2.75) is 77.2 Å². The summed E-state index contributed by atoms with van der Waals surface area (Å²) in [6, 6.07) is 6.22. The van der Waals surface area contributed by atoms with Gasteiger partial charge in [0.25, 0.3) is 0 Å². The fourth-order valence-corrected chi connectivity index (χ4v) is 5.83. The lowest BCUT2D eigenvalue weighted by molar-refractivity contribution is -0.0365. The molecule has 1 unspecified atom stereocenters. The first kappa shape index (κ1) is 28.5. The van der Waals surface area contributed by atoms with E-state index in [0.717, 1.165) is 58.9 Å². The molecule has 208 valence electrons. The molecule has 1 aromatic carbocycles. The highest BCUT2D eigenvalue weighted by atomic mass is 32.1. The van der Waals surface area contributed by atoms with E-state index >= 15 is 0 Å². The van der Waals surface area contributed by atoms with Gasteiger partial charge in [-0.25, -0.2) is 14.5 Å². The summed E-state index contributed by atoms with van der Waals surface area (Å²) in [5.74, 6) is 0.852. The Morgan fingerprint density at radius 1 is 1.32 bits per heavy atom. The summed E-state index contributed by atoms with van der Waals surface area (Å²) in [5, 5.41) is 20.4. The minimum Gasteiger partial charge on any atom is -0.543 e. The second-order valence-electron chi connectivity index (χ2n) is 11.2. The zero-order valence-corrected chi connectivity index (χ0v) is 24.9. The molecule has 2 aromatic heterocycles. The van der Waals surface area contributed by atoms with Gasteiger partial charge in [-0.15, -0.1) is 11.3 Å². The second-order valence-corrected chi connectivity index (χ2v) is 16.8. The predicted octanol–water partition coefficient (Wildman–Crippen LogP) is 5.89. The number of rotatable bonds is 10. The van der Waals surface area contributed by atoms with E-state index in [1.807, 2.05) is 16.1 Å². The van der Waals surface area contributed by atoms with E-state index in [-0.39, 0.29) is 24.5 Å².